The number of nitrogens with one attached hydrogen (secondary N) is 1. The van der Waals surface area contributed by atoms with Crippen LogP contribution >= 0.6 is 11.3 Å². The molecule has 0 unspecified atom stereocenters. The Morgan fingerprint density at radius 3 is 2.92 bits per heavy atom. The molecule has 2 aromatic heterocycles. The number of morpholine rings is 1. The van der Waals surface area contributed by atoms with Gasteiger partial charge in [0.2, 0.25) is 0 Å². The Labute approximate surface area is 156 Å². The van der Waals surface area contributed by atoms with Gasteiger partial charge in [0, 0.05) is 0 Å². The van der Waals surface area contributed by atoms with Crippen LogP contribution < -0.4 is 9.80 Å². The van der Waals surface area contributed by atoms with E-state index >= 15 is 0 Å². The lowest BCUT2D eigenvalue weighted by molar-refractivity contribution is -0.906. The molecule has 4 rings (SSSR count). The van der Waals surface area contributed by atoms with E-state index in [9.17, 15) is 4.79 Å². The Hall–Kier alpha value is -2.22. The lowest BCUT2D eigenvalue weighted by atomic mass is 10.2. The molecule has 0 saturated carbocycles. The van der Waals surface area contributed by atoms with Crippen LogP contribution in [0.3, 0.4) is 0 Å². The fraction of sp³-hybridized carbons (Fsp3) is 0.368. The second kappa shape index (κ2) is 7.57. The number of benzene rings is 1. The van der Waals surface area contributed by atoms with E-state index in [1.165, 1.54) is 16.7 Å². The van der Waals surface area contributed by atoms with Crippen LogP contribution in [0.15, 0.2) is 41.0 Å². The molecule has 3 aromatic rings. The summed E-state index contributed by atoms with van der Waals surface area (Å²) in [6.07, 6.45) is 1.53. The van der Waals surface area contributed by atoms with Gasteiger partial charge in [-0.1, -0.05) is 17.4 Å². The summed E-state index contributed by atoms with van der Waals surface area (Å²) >= 11 is 1.55. The van der Waals surface area contributed by atoms with E-state index in [0.717, 1.165) is 48.2 Å². The van der Waals surface area contributed by atoms with Gasteiger partial charge in [-0.05, 0) is 36.8 Å². The molecule has 0 spiro atoms. The average molecular weight is 372 g/mol. The molecule has 7 heteroatoms. The molecule has 6 nitrogen and oxygen atoms in total. The first-order valence-electron chi connectivity index (χ1n) is 8.84. The summed E-state index contributed by atoms with van der Waals surface area (Å²) < 4.78 is 11.9. The Bertz CT molecular complexity index is 885. The summed E-state index contributed by atoms with van der Waals surface area (Å²) in [6.45, 7) is 7.04. The monoisotopic (exact) mass is 372 g/mol. The number of carbonyl (C=O) groups excluding carboxylic acids is 1. The van der Waals surface area contributed by atoms with Gasteiger partial charge < -0.3 is 14.1 Å². The van der Waals surface area contributed by atoms with Crippen molar-refractivity contribution in [1.29, 1.82) is 0 Å². The van der Waals surface area contributed by atoms with Crippen molar-refractivity contribution < 1.29 is 18.8 Å². The van der Waals surface area contributed by atoms with Gasteiger partial charge in [0.05, 0.1) is 42.8 Å². The molecule has 0 atom stereocenters. The zero-order valence-corrected chi connectivity index (χ0v) is 15.6. The molecule has 0 aliphatic carbocycles. The highest BCUT2D eigenvalue weighted by atomic mass is 32.1. The van der Waals surface area contributed by atoms with Crippen molar-refractivity contribution in [1.82, 2.24) is 4.98 Å². The molecule has 136 valence electrons. The molecule has 3 heterocycles. The molecular weight excluding hydrogens is 350 g/mol. The summed E-state index contributed by atoms with van der Waals surface area (Å²) in [6, 6.07) is 9.60. The Morgan fingerprint density at radius 2 is 2.15 bits per heavy atom. The molecule has 1 saturated heterocycles. The summed E-state index contributed by atoms with van der Waals surface area (Å²) in [5.74, 6) is 0.204. The minimum atomic E-state index is -0.140. The number of quaternary nitrogens is 1. The van der Waals surface area contributed by atoms with Crippen molar-refractivity contribution in [3.63, 3.8) is 0 Å². The van der Waals surface area contributed by atoms with Crippen LogP contribution in [-0.4, -0.2) is 50.3 Å². The van der Waals surface area contributed by atoms with Gasteiger partial charge in [0.25, 0.3) is 5.91 Å². The zero-order chi connectivity index (χ0) is 17.9. The highest BCUT2D eigenvalue weighted by Crippen LogP contribution is 2.30. The van der Waals surface area contributed by atoms with Gasteiger partial charge in [-0.2, -0.15) is 0 Å². The Kier molecular flexibility index (Phi) is 5.01. The predicted molar refractivity (Wildman–Crippen MR) is 101 cm³/mol. The average Bonchev–Trinajstić information content (AvgIpc) is 3.32. The number of amides is 1. The first-order valence-corrected chi connectivity index (χ1v) is 9.66. The number of furan rings is 1. The smallest absolute Gasteiger partial charge is 0.295 e. The molecule has 0 radical (unpaired) electrons. The molecule has 1 aromatic carbocycles. The zero-order valence-electron chi connectivity index (χ0n) is 14.7. The molecule has 0 bridgehead atoms. The third-order valence-corrected chi connectivity index (χ3v) is 5.67. The fourth-order valence-corrected chi connectivity index (χ4v) is 4.22. The number of carbonyl (C=O) groups is 1. The second-order valence-corrected chi connectivity index (χ2v) is 7.52. The van der Waals surface area contributed by atoms with E-state index < -0.39 is 0 Å². The fourth-order valence-electron chi connectivity index (χ4n) is 3.13. The topological polar surface area (TPSA) is 60.0 Å². The number of thiazole rings is 1. The van der Waals surface area contributed by atoms with E-state index in [4.69, 9.17) is 14.1 Å². The van der Waals surface area contributed by atoms with Gasteiger partial charge in [-0.15, -0.1) is 0 Å². The molecular formula is C19H22N3O3S+. The lowest BCUT2D eigenvalue weighted by Gasteiger charge is -2.26. The number of anilines is 1. The van der Waals surface area contributed by atoms with Gasteiger partial charge in [-0.25, -0.2) is 4.98 Å². The van der Waals surface area contributed by atoms with Crippen LogP contribution in [0.5, 0.6) is 0 Å². The number of nitrogens with zero attached hydrogens (tertiary/aromatic N) is 2. The van der Waals surface area contributed by atoms with E-state index in [1.54, 1.807) is 28.4 Å². The number of rotatable bonds is 5. The minimum Gasteiger partial charge on any atom is -0.459 e. The van der Waals surface area contributed by atoms with E-state index in [1.807, 2.05) is 12.1 Å². The molecule has 1 fully saturated rings. The maximum Gasteiger partial charge on any atom is 0.295 e. The molecule has 1 amide bonds. The van der Waals surface area contributed by atoms with Crippen molar-refractivity contribution >= 4 is 32.6 Å². The molecule has 1 aliphatic heterocycles. The highest BCUT2D eigenvalue weighted by Gasteiger charge is 2.25. The summed E-state index contributed by atoms with van der Waals surface area (Å²) in [4.78, 5) is 20.9. The number of aryl methyl sites for hydroxylation is 1. The number of hydrogen-bond acceptors (Lipinski definition) is 5. The first kappa shape index (κ1) is 17.2. The quantitative estimate of drug-likeness (QED) is 0.741. The van der Waals surface area contributed by atoms with Crippen molar-refractivity contribution in [3.8, 4) is 0 Å². The number of fused-ring (bicyclic) bond motifs is 1. The van der Waals surface area contributed by atoms with Crippen LogP contribution in [0.2, 0.25) is 0 Å². The number of ether oxygens (including phenoxy) is 1. The first-order chi connectivity index (χ1) is 12.7. The largest absolute Gasteiger partial charge is 0.459 e. The van der Waals surface area contributed by atoms with Crippen molar-refractivity contribution in [2.24, 2.45) is 0 Å². The van der Waals surface area contributed by atoms with Crippen LogP contribution in [0, 0.1) is 6.92 Å². The van der Waals surface area contributed by atoms with Crippen molar-refractivity contribution in [3.05, 3.63) is 47.9 Å². The predicted octanol–water partition coefficient (Wildman–Crippen LogP) is 1.76. The van der Waals surface area contributed by atoms with Crippen LogP contribution in [0.4, 0.5) is 5.13 Å². The van der Waals surface area contributed by atoms with E-state index in [2.05, 4.69) is 13.0 Å². The van der Waals surface area contributed by atoms with Gasteiger partial charge in [0.1, 0.15) is 13.1 Å². The van der Waals surface area contributed by atoms with Crippen molar-refractivity contribution in [2.75, 3.05) is 44.3 Å². The van der Waals surface area contributed by atoms with Crippen molar-refractivity contribution in [2.45, 2.75) is 6.92 Å². The second-order valence-electron chi connectivity index (χ2n) is 6.51. The molecule has 26 heavy (non-hydrogen) atoms. The van der Waals surface area contributed by atoms with Crippen LogP contribution in [0.1, 0.15) is 16.1 Å². The lowest BCUT2D eigenvalue weighted by Crippen LogP contribution is -3.14. The summed E-state index contributed by atoms with van der Waals surface area (Å²) in [5, 5.41) is 0.722. The molecule has 1 aliphatic rings. The minimum absolute atomic E-state index is 0.140. The highest BCUT2D eigenvalue weighted by molar-refractivity contribution is 7.22. The van der Waals surface area contributed by atoms with Gasteiger partial charge in [0.15, 0.2) is 10.9 Å². The summed E-state index contributed by atoms with van der Waals surface area (Å²) in [5.41, 5.74) is 2.11. The van der Waals surface area contributed by atoms with Gasteiger partial charge in [-0.3, -0.25) is 9.69 Å². The summed E-state index contributed by atoms with van der Waals surface area (Å²) in [7, 11) is 0. The maximum atomic E-state index is 13.0. The van der Waals surface area contributed by atoms with Gasteiger partial charge >= 0.3 is 0 Å². The standard InChI is InChI=1S/C19H21N3O3S/c1-14-4-5-15-17(13-14)26-19(20-15)22(18(23)16-3-2-10-25-16)7-6-21-8-11-24-12-9-21/h2-5,10,13H,6-9,11-12H2,1H3/p+1. The Morgan fingerprint density at radius 1 is 1.31 bits per heavy atom. The maximum absolute atomic E-state index is 13.0. The van der Waals surface area contributed by atoms with E-state index in [-0.39, 0.29) is 5.91 Å². The normalized spacial score (nSPS) is 15.4. The third-order valence-electron chi connectivity index (χ3n) is 4.63. The van der Waals surface area contributed by atoms with E-state index in [0.29, 0.717) is 12.3 Å². The molecule has 1 N–H and O–H groups in total. The number of aromatic nitrogens is 1. The SMILES string of the molecule is Cc1ccc2nc(N(CC[NH+]3CCOCC3)C(=O)c3ccco3)sc2c1. The third kappa shape index (κ3) is 3.65. The van der Waals surface area contributed by atoms with Crippen LogP contribution in [0.25, 0.3) is 10.2 Å². The van der Waals surface area contributed by atoms with Crippen LogP contribution in [-0.2, 0) is 4.74 Å². The Balaban J connectivity index is 1.60. The number of hydrogen-bond donors (Lipinski definition) is 1.